The number of unbranched alkanes of at least 4 members (excludes halogenated alkanes) is 6. The average molecular weight is 1570 g/mol. The van der Waals surface area contributed by atoms with E-state index in [1.165, 1.54) is 0 Å². The van der Waals surface area contributed by atoms with Gasteiger partial charge in [-0.1, -0.05) is 146 Å². The smallest absolute Gasteiger partial charge is 0.303 e. The molecule has 7 aromatic carbocycles. The lowest BCUT2D eigenvalue weighted by Gasteiger charge is -2.24. The van der Waals surface area contributed by atoms with Crippen LogP contribution in [0, 0.1) is 0 Å². The van der Waals surface area contributed by atoms with Crippen LogP contribution >= 0.6 is 0 Å². The molecule has 3 N–H and O–H groups in total. The van der Waals surface area contributed by atoms with Crippen LogP contribution in [0.15, 0.2) is 298 Å². The van der Waals surface area contributed by atoms with Gasteiger partial charge < -0.3 is 44.2 Å². The van der Waals surface area contributed by atoms with Crippen molar-refractivity contribution in [3.63, 3.8) is 0 Å². The van der Waals surface area contributed by atoms with E-state index in [1.54, 1.807) is 94.5 Å². The van der Waals surface area contributed by atoms with E-state index in [0.717, 1.165) is 69.7 Å². The summed E-state index contributed by atoms with van der Waals surface area (Å²) in [6.07, 6.45) is 20.2. The first kappa shape index (κ1) is 81.5. The fourth-order valence-electron chi connectivity index (χ4n) is 12.5. The molecule has 5 aromatic heterocycles. The van der Waals surface area contributed by atoms with Crippen molar-refractivity contribution in [2.45, 2.75) is 116 Å². The van der Waals surface area contributed by atoms with Crippen molar-refractivity contribution in [1.82, 2.24) is 39.6 Å². The largest absolute Gasteiger partial charge is 0.493 e. The molecule has 3 atom stereocenters. The maximum absolute atomic E-state index is 13.8. The average Bonchev–Trinajstić information content (AvgIpc) is 0.817. The van der Waals surface area contributed by atoms with Gasteiger partial charge in [0.05, 0.1) is 23.9 Å². The topological polar surface area (TPSA) is 265 Å². The Morgan fingerprint density at radius 1 is 0.291 bits per heavy atom. The van der Waals surface area contributed by atoms with Crippen molar-refractivity contribution >= 4 is 35.6 Å². The molecule has 3 amide bonds. The van der Waals surface area contributed by atoms with Crippen LogP contribution in [0.1, 0.15) is 146 Å². The number of aliphatic carboxylic acids is 3. The van der Waals surface area contributed by atoms with Gasteiger partial charge in [-0.2, -0.15) is 0 Å². The van der Waals surface area contributed by atoms with Crippen molar-refractivity contribution < 1.29 is 62.4 Å². The quantitative estimate of drug-likeness (QED) is 0.0300. The molecule has 20 nitrogen and oxygen atoms in total. The van der Waals surface area contributed by atoms with E-state index in [2.05, 4.69) is 24.9 Å². The summed E-state index contributed by atoms with van der Waals surface area (Å²) in [4.78, 5) is 99.7. The molecule has 0 saturated carbocycles. The normalized spacial score (nSPS) is 11.8. The number of rotatable bonds is 42. The number of pyridine rings is 5. The summed E-state index contributed by atoms with van der Waals surface area (Å²) in [6, 6.07) is 78.7. The molecule has 600 valence electrons. The van der Waals surface area contributed by atoms with Crippen LogP contribution in [-0.2, 0) is 53.2 Å². The number of ether oxygens (including phenoxy) is 3. The number of benzene rings is 7. The molecule has 12 rings (SSSR count). The molecule has 3 unspecified atom stereocenters. The number of carboxylic acids is 3. The summed E-state index contributed by atoms with van der Waals surface area (Å²) >= 11 is 0. The lowest BCUT2D eigenvalue weighted by atomic mass is 10.0. The zero-order chi connectivity index (χ0) is 84.5. The van der Waals surface area contributed by atoms with Crippen LogP contribution < -0.4 is 14.2 Å². The number of para-hydroxylation sites is 3. The lowest BCUT2D eigenvalue weighted by Crippen LogP contribution is -2.32. The van der Waals surface area contributed by atoms with Gasteiger partial charge in [0.1, 0.15) is 17.2 Å². The molecule has 0 aliphatic carbocycles. The van der Waals surface area contributed by atoms with Gasteiger partial charge in [-0.25, -0.2) is 0 Å². The van der Waals surface area contributed by atoms with Crippen molar-refractivity contribution in [2.75, 3.05) is 39.5 Å². The second-order valence-corrected chi connectivity index (χ2v) is 27.4. The SMILES string of the molecule is [2H]C(c1ccccc1OCCCCCC(=O)O)N(CCc1ccccn1)C(=O)c1ccc(-c2ccccc2)cc1.[2H]C(c1ccccc1OCCCCCC(=O)O)N(CCc1ccccn1)C(=O)c1ccc(-c2cccnc2)cc1.[2H]C(c1ccccc1OCCCCCC(=O)O)N(CCc1ccccn1)C(=O)c1ccc(-c2ccncc2)cc1. The maximum atomic E-state index is 13.8. The molecule has 0 spiro atoms. The Bertz CT molecular complexity index is 4610. The third-order valence-electron chi connectivity index (χ3n) is 18.8. The number of amides is 3. The Morgan fingerprint density at radius 3 is 0.923 bits per heavy atom. The van der Waals surface area contributed by atoms with Crippen molar-refractivity contribution in [3.8, 4) is 50.6 Å². The standard InChI is InChI=1S/C33H34N2O4.2C32H33N3O4/c36-32(37)16-5-2-10-24-39-31-15-7-6-13-29(31)25-35(23-21-30-14-8-9-22-34-30)33(38)28-19-17-27(18-20-28)26-11-3-1-4-12-26;36-31(37)13-2-1-7-22-39-30-12-4-3-9-28(30)24-35(21-18-29-11-5-6-20-34-29)32(38)26-16-14-25(15-17-26)27-10-8-19-33-23-27;36-31(37)11-2-1-7-23-39-30-10-4-3-8-28(30)24-35(22-18-29-9-5-6-19-34-29)32(38)27-14-12-25(13-15-27)26-16-20-33-21-17-26/h1,3-4,6-9,11-15,17-20,22H,2,5,10,16,21,23-25H2,(H,36,37);3-6,8-12,14-17,19-20,23H,1-2,7,13,18,21-22,24H2,(H,36,37);3-6,8-10,12-17,19-21H,1-2,7,11,18,22-24H2,(H,36,37)/i25D;2*24D. The highest BCUT2D eigenvalue weighted by Crippen LogP contribution is 2.29. The molecule has 117 heavy (non-hydrogen) atoms. The highest BCUT2D eigenvalue weighted by Gasteiger charge is 2.23. The minimum atomic E-state index is -1.00. The highest BCUT2D eigenvalue weighted by molar-refractivity contribution is 5.96. The van der Waals surface area contributed by atoms with Gasteiger partial charge >= 0.3 is 17.9 Å². The molecule has 5 heterocycles. The summed E-state index contributed by atoms with van der Waals surface area (Å²) in [5, 5.41) is 26.5. The van der Waals surface area contributed by atoms with Gasteiger partial charge in [0.25, 0.3) is 17.7 Å². The second-order valence-electron chi connectivity index (χ2n) is 27.4. The zero-order valence-electron chi connectivity index (χ0n) is 68.5. The summed E-state index contributed by atoms with van der Waals surface area (Å²) < 4.78 is 45.5. The van der Waals surface area contributed by atoms with Crippen molar-refractivity contribution in [2.24, 2.45) is 0 Å². The summed E-state index contributed by atoms with van der Waals surface area (Å²) in [5.74, 6) is -1.50. The molecule has 12 aromatic rings. The van der Waals surface area contributed by atoms with Crippen molar-refractivity contribution in [1.29, 1.82) is 0 Å². The first-order valence-electron chi connectivity index (χ1n) is 41.2. The fourth-order valence-corrected chi connectivity index (χ4v) is 12.5. The minimum absolute atomic E-state index is 0.141. The van der Waals surface area contributed by atoms with Gasteiger partial charge in [0.2, 0.25) is 0 Å². The Balaban J connectivity index is 0.000000189. The van der Waals surface area contributed by atoms with Gasteiger partial charge in [0.15, 0.2) is 0 Å². The van der Waals surface area contributed by atoms with Crippen LogP contribution in [0.4, 0.5) is 0 Å². The minimum Gasteiger partial charge on any atom is -0.493 e. The molecule has 0 aliphatic heterocycles. The predicted octanol–water partition coefficient (Wildman–Crippen LogP) is 18.8. The number of hydrogen-bond donors (Lipinski definition) is 3. The molecule has 0 saturated heterocycles. The Hall–Kier alpha value is -13.5. The Labute approximate surface area is 688 Å². The van der Waals surface area contributed by atoms with Crippen LogP contribution in [0.3, 0.4) is 0 Å². The number of aromatic nitrogens is 5. The molecular formula is C97H100N8O12. The van der Waals surface area contributed by atoms with E-state index < -0.39 is 37.5 Å². The molecule has 0 bridgehead atoms. The number of carbonyl (C=O) groups is 6. The fraction of sp³-hybridized carbons (Fsp3) is 0.247. The summed E-state index contributed by atoms with van der Waals surface area (Å²) in [6.45, 7) is -0.856. The summed E-state index contributed by atoms with van der Waals surface area (Å²) in [5.41, 5.74) is 11.8. The first-order chi connectivity index (χ1) is 58.6. The summed E-state index contributed by atoms with van der Waals surface area (Å²) in [7, 11) is 0. The molecular weight excluding hydrogens is 1470 g/mol. The third kappa shape index (κ3) is 29.5. The van der Waals surface area contributed by atoms with E-state index >= 15 is 0 Å². The number of carboxylic acid groups (broad SMARTS) is 3. The number of hydrogen-bond acceptors (Lipinski definition) is 14. The van der Waals surface area contributed by atoms with Crippen LogP contribution in [0.5, 0.6) is 17.2 Å². The highest BCUT2D eigenvalue weighted by atomic mass is 16.5. The third-order valence-corrected chi connectivity index (χ3v) is 18.8. The monoisotopic (exact) mass is 1570 g/mol. The van der Waals surface area contributed by atoms with E-state index in [0.29, 0.717) is 148 Å². The van der Waals surface area contributed by atoms with Gasteiger partial charge in [-0.3, -0.25) is 53.7 Å². The van der Waals surface area contributed by atoms with E-state index in [-0.39, 0.29) is 37.0 Å². The first-order valence-corrected chi connectivity index (χ1v) is 39.4. The van der Waals surface area contributed by atoms with Gasteiger partial charge in [-0.05, 0) is 200 Å². The lowest BCUT2D eigenvalue weighted by molar-refractivity contribution is -0.138. The van der Waals surface area contributed by atoms with Crippen LogP contribution in [0.2, 0.25) is 0 Å². The molecule has 0 radical (unpaired) electrons. The zero-order valence-corrected chi connectivity index (χ0v) is 65.5. The Kier molecular flexibility index (Phi) is 33.4. The van der Waals surface area contributed by atoms with Gasteiger partial charge in [-0.15, -0.1) is 0 Å². The van der Waals surface area contributed by atoms with E-state index in [1.807, 2.05) is 218 Å². The molecule has 20 heteroatoms. The molecule has 0 aliphatic rings. The number of nitrogens with zero attached hydrogens (tertiary/aromatic N) is 8. The maximum Gasteiger partial charge on any atom is 0.303 e. The van der Waals surface area contributed by atoms with E-state index in [4.69, 9.17) is 33.6 Å². The van der Waals surface area contributed by atoms with Crippen LogP contribution in [0.25, 0.3) is 33.4 Å². The Morgan fingerprint density at radius 2 is 0.598 bits per heavy atom. The predicted molar refractivity (Wildman–Crippen MR) is 453 cm³/mol. The second kappa shape index (κ2) is 47.9. The number of carbonyl (C=O) groups excluding carboxylic acids is 3. The van der Waals surface area contributed by atoms with Crippen LogP contribution in [-0.4, -0.2) is 130 Å². The van der Waals surface area contributed by atoms with Crippen molar-refractivity contribution in [3.05, 3.63) is 349 Å². The van der Waals surface area contributed by atoms with Gasteiger partial charge in [0, 0.05) is 172 Å². The molecule has 0 fully saturated rings. The van der Waals surface area contributed by atoms with E-state index in [9.17, 15) is 28.8 Å².